The second-order valence-corrected chi connectivity index (χ2v) is 25.3. The van der Waals surface area contributed by atoms with E-state index in [-0.39, 0.29) is 147 Å². The second kappa shape index (κ2) is 43.7. The number of unbranched alkanes of at least 4 members (excludes halogenated alkanes) is 3. The number of carbonyl (C=O) groups is 9. The second-order valence-electron chi connectivity index (χ2n) is 25.3. The van der Waals surface area contributed by atoms with Crippen LogP contribution in [0, 0.1) is 35.5 Å². The first kappa shape index (κ1) is 77.1. The molecule has 82 heavy (non-hydrogen) atoms. The van der Waals surface area contributed by atoms with Gasteiger partial charge in [-0.05, 0) is 113 Å². The highest BCUT2D eigenvalue weighted by Crippen LogP contribution is 2.17. The van der Waals surface area contributed by atoms with E-state index in [1.807, 2.05) is 83.1 Å². The van der Waals surface area contributed by atoms with E-state index in [1.54, 1.807) is 0 Å². The molecule has 0 aromatic heterocycles. The molecule has 0 rings (SSSR count). The average molecular weight is 1170 g/mol. The molecule has 0 bridgehead atoms. The van der Waals surface area contributed by atoms with Gasteiger partial charge in [-0.2, -0.15) is 0 Å². The van der Waals surface area contributed by atoms with Crippen molar-refractivity contribution in [2.24, 2.45) is 58.4 Å². The maximum Gasteiger partial charge on any atom is 0.305 e. The first-order chi connectivity index (χ1) is 38.5. The Morgan fingerprint density at radius 1 is 0.317 bits per heavy atom. The van der Waals surface area contributed by atoms with Crippen LogP contribution in [-0.4, -0.2) is 132 Å². The van der Waals surface area contributed by atoms with Gasteiger partial charge in [0.25, 0.3) is 0 Å². The Morgan fingerprint density at radius 3 is 0.817 bits per heavy atom. The van der Waals surface area contributed by atoms with Crippen molar-refractivity contribution in [3.05, 3.63) is 0 Å². The Labute approximate surface area is 492 Å². The Balaban J connectivity index is 5.97. The van der Waals surface area contributed by atoms with E-state index < -0.39 is 54.3 Å². The number of carboxylic acids is 1. The molecule has 9 atom stereocenters. The summed E-state index contributed by atoms with van der Waals surface area (Å²) in [6.07, 6.45) is 6.77. The molecular weight excluding hydrogens is 1050 g/mol. The average Bonchev–Trinajstić information content (AvgIpc) is 3.35. The monoisotopic (exact) mass is 1160 g/mol. The molecule has 22 nitrogen and oxygen atoms in total. The number of carboxylic acid groups (broad SMARTS) is 1. The fraction of sp³-hybridized carbons (Fsp3) is 0.850. The number of hydrogen-bond acceptors (Lipinski definition) is 13. The minimum atomic E-state index is -1.01. The minimum Gasteiger partial charge on any atom is -0.481 e. The van der Waals surface area contributed by atoms with Crippen molar-refractivity contribution < 1.29 is 48.3 Å². The molecule has 0 aliphatic rings. The molecule has 0 saturated heterocycles. The number of carbonyl (C=O) groups excluding carboxylic acids is 8. The van der Waals surface area contributed by atoms with Crippen molar-refractivity contribution in [1.29, 1.82) is 0 Å². The van der Waals surface area contributed by atoms with Crippen LogP contribution in [0.15, 0.2) is 0 Å². The quantitative estimate of drug-likeness (QED) is 0.0379. The molecule has 0 aliphatic carbocycles. The van der Waals surface area contributed by atoms with E-state index in [4.69, 9.17) is 22.9 Å². The molecule has 17 N–H and O–H groups in total. The van der Waals surface area contributed by atoms with Crippen LogP contribution in [0.3, 0.4) is 0 Å². The van der Waals surface area contributed by atoms with Gasteiger partial charge in [-0.3, -0.25) is 43.2 Å². The smallest absolute Gasteiger partial charge is 0.305 e. The standard InChI is InChI=1S/C60H116N12O10/c1-37(2)25-46(68-52(73)28-43(19-13-16-22-61)65-57(78)34-49(64)40(7)8)31-55(76)71-50(41(9)10)35-58(79)66-44(20-14-17-23-62)29-53(74)69-47(26-38(3)4)32-56(77)72-51(42(11)12)36-59(80)67-45(21-15-18-24-63)30-54(75)70-48(27-39(5)6)33-60(81)82/h37-51H,13-36,61-64H2,1-12H3,(H,65,78)(H,66,79)(H,67,80)(H,68,73)(H,69,74)(H,70,75)(H,71,76)(H,72,77)(H,81,82)/t43-,44-,45-,46-,47-,48-,49+,50+,51+/m1/s1. The van der Waals surface area contributed by atoms with Crippen molar-refractivity contribution in [3.8, 4) is 0 Å². The predicted molar refractivity (Wildman–Crippen MR) is 324 cm³/mol. The van der Waals surface area contributed by atoms with Crippen molar-refractivity contribution in [1.82, 2.24) is 42.5 Å². The highest BCUT2D eigenvalue weighted by molar-refractivity contribution is 5.85. The summed E-state index contributed by atoms with van der Waals surface area (Å²) in [6.45, 7) is 24.7. The molecule has 476 valence electrons. The van der Waals surface area contributed by atoms with Crippen molar-refractivity contribution in [2.45, 2.75) is 272 Å². The summed E-state index contributed by atoms with van der Waals surface area (Å²) in [5.41, 5.74) is 23.4. The number of hydrogen-bond donors (Lipinski definition) is 13. The fourth-order valence-corrected chi connectivity index (χ4v) is 9.90. The summed E-state index contributed by atoms with van der Waals surface area (Å²) < 4.78 is 0. The van der Waals surface area contributed by atoms with Crippen LogP contribution in [0.5, 0.6) is 0 Å². The van der Waals surface area contributed by atoms with E-state index in [0.717, 1.165) is 12.8 Å². The summed E-state index contributed by atoms with van der Waals surface area (Å²) in [6, 6.07) is -4.60. The van der Waals surface area contributed by atoms with Crippen LogP contribution in [0.2, 0.25) is 0 Å². The topological polar surface area (TPSA) is 374 Å². The van der Waals surface area contributed by atoms with Gasteiger partial charge in [0.05, 0.1) is 6.42 Å². The van der Waals surface area contributed by atoms with Gasteiger partial charge in [0.15, 0.2) is 0 Å². The van der Waals surface area contributed by atoms with Crippen molar-refractivity contribution >= 4 is 53.2 Å². The van der Waals surface area contributed by atoms with Crippen molar-refractivity contribution in [2.75, 3.05) is 19.6 Å². The van der Waals surface area contributed by atoms with Crippen LogP contribution < -0.4 is 65.5 Å². The molecule has 0 radical (unpaired) electrons. The van der Waals surface area contributed by atoms with Gasteiger partial charge in [0.1, 0.15) is 0 Å². The largest absolute Gasteiger partial charge is 0.481 e. The van der Waals surface area contributed by atoms with E-state index in [9.17, 15) is 48.3 Å². The SMILES string of the molecule is CC(C)C[C@H](CC(=O)O)NC(=O)C[C@@H](CCCCN)NC(=O)C[C@H](NC(=O)C[C@@H](CC(C)C)NC(=O)C[C@@H](CCCCN)NC(=O)C[C@H](NC(=O)C[C@@H](CC(C)C)NC(=O)C[C@@H](CCCCN)NC(=O)C[C@H](N)C(C)C)C(C)C)C(C)C. The van der Waals surface area contributed by atoms with E-state index in [0.29, 0.717) is 83.8 Å². The number of nitrogens with two attached hydrogens (primary N) is 4. The van der Waals surface area contributed by atoms with Crippen LogP contribution >= 0.6 is 0 Å². The molecule has 8 amide bonds. The fourth-order valence-electron chi connectivity index (χ4n) is 9.90. The van der Waals surface area contributed by atoms with Crippen LogP contribution in [0.4, 0.5) is 0 Å². The predicted octanol–water partition coefficient (Wildman–Crippen LogP) is 4.28. The summed E-state index contributed by atoms with van der Waals surface area (Å²) in [5.74, 6) is -3.43. The summed E-state index contributed by atoms with van der Waals surface area (Å²) >= 11 is 0. The first-order valence-electron chi connectivity index (χ1n) is 30.9. The van der Waals surface area contributed by atoms with Gasteiger partial charge in [-0.15, -0.1) is 0 Å². The van der Waals surface area contributed by atoms with Crippen molar-refractivity contribution in [3.63, 3.8) is 0 Å². The third kappa shape index (κ3) is 39.5. The first-order valence-corrected chi connectivity index (χ1v) is 30.9. The molecule has 0 saturated carbocycles. The lowest BCUT2D eigenvalue weighted by Crippen LogP contribution is -2.48. The summed E-state index contributed by atoms with van der Waals surface area (Å²) in [4.78, 5) is 120. The third-order valence-electron chi connectivity index (χ3n) is 14.4. The summed E-state index contributed by atoms with van der Waals surface area (Å²) in [5, 5.41) is 33.4. The number of rotatable bonds is 47. The molecule has 0 aromatic rings. The lowest BCUT2D eigenvalue weighted by Gasteiger charge is -2.27. The summed E-state index contributed by atoms with van der Waals surface area (Å²) in [7, 11) is 0. The van der Waals surface area contributed by atoms with Gasteiger partial charge in [0, 0.05) is 106 Å². The van der Waals surface area contributed by atoms with E-state index in [1.165, 1.54) is 0 Å². The molecular formula is C60H116N12O10. The molecule has 0 spiro atoms. The zero-order valence-electron chi connectivity index (χ0n) is 52.6. The molecule has 0 aromatic carbocycles. The maximum absolute atomic E-state index is 13.9. The Hall–Kier alpha value is -4.93. The van der Waals surface area contributed by atoms with Crippen LogP contribution in [0.25, 0.3) is 0 Å². The molecule has 22 heteroatoms. The Kier molecular flexibility index (Phi) is 41.1. The number of amides is 8. The van der Waals surface area contributed by atoms with Gasteiger partial charge >= 0.3 is 5.97 Å². The number of aliphatic carboxylic acids is 1. The van der Waals surface area contributed by atoms with Gasteiger partial charge in [-0.25, -0.2) is 0 Å². The van der Waals surface area contributed by atoms with Gasteiger partial charge < -0.3 is 70.6 Å². The van der Waals surface area contributed by atoms with E-state index >= 15 is 0 Å². The maximum atomic E-state index is 13.9. The highest BCUT2D eigenvalue weighted by Gasteiger charge is 2.29. The zero-order valence-corrected chi connectivity index (χ0v) is 52.6. The molecule has 0 fully saturated rings. The van der Waals surface area contributed by atoms with E-state index in [2.05, 4.69) is 42.5 Å². The lowest BCUT2D eigenvalue weighted by molar-refractivity contribution is -0.138. The molecule has 0 heterocycles. The van der Waals surface area contributed by atoms with Gasteiger partial charge in [0.2, 0.25) is 47.3 Å². The zero-order chi connectivity index (χ0) is 62.5. The van der Waals surface area contributed by atoms with Crippen LogP contribution in [-0.2, 0) is 43.2 Å². The Morgan fingerprint density at radius 2 is 0.561 bits per heavy atom. The molecule has 0 aliphatic heterocycles. The number of nitrogens with one attached hydrogen (secondary N) is 8. The van der Waals surface area contributed by atoms with Crippen LogP contribution in [0.1, 0.15) is 218 Å². The normalized spacial score (nSPS) is 15.0. The Bertz CT molecular complexity index is 1890. The third-order valence-corrected chi connectivity index (χ3v) is 14.4. The van der Waals surface area contributed by atoms with Gasteiger partial charge in [-0.1, -0.05) is 102 Å². The minimum absolute atomic E-state index is 0.0240. The lowest BCUT2D eigenvalue weighted by atomic mass is 9.97. The highest BCUT2D eigenvalue weighted by atomic mass is 16.4. The molecule has 0 unspecified atom stereocenters.